The number of hydrogen-bond acceptors (Lipinski definition) is 8. The van der Waals surface area contributed by atoms with Gasteiger partial charge in [-0.25, -0.2) is 8.42 Å². The quantitative estimate of drug-likeness (QED) is 0.541. The van der Waals surface area contributed by atoms with E-state index >= 15 is 0 Å². The number of piperidine rings is 2. The van der Waals surface area contributed by atoms with Crippen molar-refractivity contribution in [3.05, 3.63) is 17.5 Å². The number of fused-ring (bicyclic) bond motifs is 2. The van der Waals surface area contributed by atoms with Gasteiger partial charge in [0, 0.05) is 30.2 Å². The summed E-state index contributed by atoms with van der Waals surface area (Å²) in [4.78, 5) is 15.2. The van der Waals surface area contributed by atoms with Gasteiger partial charge in [-0.3, -0.25) is 4.79 Å². The highest BCUT2D eigenvalue weighted by Crippen LogP contribution is 2.39. The molecule has 1 amide bonds. The molecule has 11 heteroatoms. The first kappa shape index (κ1) is 27.1. The van der Waals surface area contributed by atoms with E-state index in [4.69, 9.17) is 9.26 Å². The Kier molecular flexibility index (Phi) is 8.26. The molecule has 1 saturated carbocycles. The van der Waals surface area contributed by atoms with Crippen LogP contribution in [0, 0.1) is 5.92 Å². The van der Waals surface area contributed by atoms with Gasteiger partial charge < -0.3 is 24.6 Å². The summed E-state index contributed by atoms with van der Waals surface area (Å²) in [5, 5.41) is 16.6. The summed E-state index contributed by atoms with van der Waals surface area (Å²) in [5.74, 6) is 1.02. The molecule has 5 fully saturated rings. The SMILES string of the molecule is CC.O=C(NC1CC2CC[C@H](C1)N2S(=O)(=O)CC1CCN(C2CC(O)C2)CC1)c1cc(C2COC2)on1. The third-order valence-corrected chi connectivity index (χ3v) is 11.0. The number of aromatic nitrogens is 1. The Bertz CT molecular complexity index is 1020. The van der Waals surface area contributed by atoms with E-state index in [1.165, 1.54) is 0 Å². The van der Waals surface area contributed by atoms with E-state index < -0.39 is 10.0 Å². The van der Waals surface area contributed by atoms with Gasteiger partial charge in [0.15, 0.2) is 5.69 Å². The first-order valence-corrected chi connectivity index (χ1v) is 15.7. The van der Waals surface area contributed by atoms with Gasteiger partial charge in [0.1, 0.15) is 5.76 Å². The molecule has 2 bridgehead atoms. The van der Waals surface area contributed by atoms with Crippen LogP contribution in [0.25, 0.3) is 0 Å². The van der Waals surface area contributed by atoms with Crippen molar-refractivity contribution in [3.63, 3.8) is 0 Å². The van der Waals surface area contributed by atoms with Crippen molar-refractivity contribution >= 4 is 15.9 Å². The number of hydrogen-bond donors (Lipinski definition) is 2. The summed E-state index contributed by atoms with van der Waals surface area (Å²) >= 11 is 0. The van der Waals surface area contributed by atoms with E-state index in [0.717, 1.165) is 51.6 Å². The fraction of sp³-hybridized carbons (Fsp3) is 0.846. The van der Waals surface area contributed by atoms with E-state index in [0.29, 0.717) is 37.9 Å². The van der Waals surface area contributed by atoms with Crippen LogP contribution in [-0.4, -0.2) is 96.1 Å². The molecule has 5 aliphatic rings. The number of nitrogens with one attached hydrogen (secondary N) is 1. The standard InChI is InChI=1S/C24H36N4O6S.C2H6/c29-21-9-20(10-21)27-5-3-15(4-6-27)14-35(31,32)28-18-1-2-19(28)8-17(7-18)25-24(30)22-11-23(34-26-22)16-12-33-13-16;1-2/h11,15-21,29H,1-10,12-14H2,(H,25,30);1-2H3/t17?,18-,19?,20?,21?;/m1./s1. The first-order chi connectivity index (χ1) is 17.9. The van der Waals surface area contributed by atoms with Crippen LogP contribution in [0.15, 0.2) is 10.6 Å². The molecule has 6 rings (SSSR count). The van der Waals surface area contributed by atoms with E-state index in [9.17, 15) is 18.3 Å². The number of likely N-dealkylation sites (tertiary alicyclic amines) is 1. The van der Waals surface area contributed by atoms with Crippen LogP contribution in [0.1, 0.15) is 87.4 Å². The average Bonchev–Trinajstić information content (AvgIpc) is 3.41. The summed E-state index contributed by atoms with van der Waals surface area (Å²) < 4.78 is 39.2. The lowest BCUT2D eigenvalue weighted by atomic mass is 9.86. The van der Waals surface area contributed by atoms with Gasteiger partial charge in [0.2, 0.25) is 10.0 Å². The summed E-state index contributed by atoms with van der Waals surface area (Å²) in [7, 11) is -3.34. The largest absolute Gasteiger partial charge is 0.393 e. The Morgan fingerprint density at radius 2 is 1.70 bits per heavy atom. The zero-order chi connectivity index (χ0) is 26.2. The molecule has 1 aromatic heterocycles. The van der Waals surface area contributed by atoms with Crippen LogP contribution < -0.4 is 5.32 Å². The van der Waals surface area contributed by atoms with Gasteiger partial charge >= 0.3 is 0 Å². The number of aliphatic hydroxyl groups excluding tert-OH is 1. The Morgan fingerprint density at radius 3 is 2.27 bits per heavy atom. The van der Waals surface area contributed by atoms with Gasteiger partial charge in [-0.2, -0.15) is 4.31 Å². The molecule has 208 valence electrons. The maximum atomic E-state index is 13.5. The lowest BCUT2D eigenvalue weighted by molar-refractivity contribution is -0.0103. The number of carbonyl (C=O) groups excluding carboxylic acids is 1. The molecule has 0 aromatic carbocycles. The smallest absolute Gasteiger partial charge is 0.273 e. The highest BCUT2D eigenvalue weighted by Gasteiger charge is 2.47. The third-order valence-electron chi connectivity index (χ3n) is 8.82. The maximum Gasteiger partial charge on any atom is 0.273 e. The van der Waals surface area contributed by atoms with Gasteiger partial charge in [0.05, 0.1) is 31.0 Å². The molecular weight excluding hydrogens is 496 g/mol. The zero-order valence-corrected chi connectivity index (χ0v) is 22.9. The normalized spacial score (nSPS) is 33.2. The highest BCUT2D eigenvalue weighted by atomic mass is 32.2. The van der Waals surface area contributed by atoms with Crippen LogP contribution >= 0.6 is 0 Å². The lowest BCUT2D eigenvalue weighted by Crippen LogP contribution is -2.54. The molecule has 5 heterocycles. The fourth-order valence-electron chi connectivity index (χ4n) is 6.68. The van der Waals surface area contributed by atoms with Gasteiger partial charge in [-0.05, 0) is 70.4 Å². The molecule has 2 N–H and O–H groups in total. The summed E-state index contributed by atoms with van der Waals surface area (Å²) in [6, 6.07) is 2.03. The van der Waals surface area contributed by atoms with Crippen molar-refractivity contribution in [3.8, 4) is 0 Å². The average molecular weight is 539 g/mol. The van der Waals surface area contributed by atoms with E-state index in [1.54, 1.807) is 10.4 Å². The van der Waals surface area contributed by atoms with Crippen molar-refractivity contribution in [2.75, 3.05) is 32.1 Å². The Balaban J connectivity index is 0.00000137. The number of sulfonamides is 1. The zero-order valence-electron chi connectivity index (χ0n) is 22.0. The minimum Gasteiger partial charge on any atom is -0.393 e. The molecule has 37 heavy (non-hydrogen) atoms. The molecule has 3 atom stereocenters. The van der Waals surface area contributed by atoms with Crippen molar-refractivity contribution in [2.45, 2.75) is 101 Å². The van der Waals surface area contributed by atoms with Crippen LogP contribution in [0.5, 0.6) is 0 Å². The number of aliphatic hydroxyl groups is 1. The van der Waals surface area contributed by atoms with Gasteiger partial charge in [-0.1, -0.05) is 19.0 Å². The third kappa shape index (κ3) is 5.75. The second-order valence-corrected chi connectivity index (χ2v) is 13.2. The Morgan fingerprint density at radius 1 is 1.05 bits per heavy atom. The van der Waals surface area contributed by atoms with E-state index in [1.807, 2.05) is 13.8 Å². The first-order valence-electron chi connectivity index (χ1n) is 14.1. The minimum absolute atomic E-state index is 0.0411. The molecule has 1 aromatic rings. The Hall–Kier alpha value is -1.53. The van der Waals surface area contributed by atoms with Crippen LogP contribution in [0.3, 0.4) is 0 Å². The minimum atomic E-state index is -3.34. The van der Waals surface area contributed by atoms with Crippen LogP contribution in [-0.2, 0) is 14.8 Å². The summed E-state index contributed by atoms with van der Waals surface area (Å²) in [6.07, 6.45) is 6.35. The number of nitrogens with zero attached hydrogens (tertiary/aromatic N) is 3. The van der Waals surface area contributed by atoms with Crippen molar-refractivity contribution in [1.82, 2.24) is 19.7 Å². The summed E-state index contributed by atoms with van der Waals surface area (Å²) in [5.41, 5.74) is 0.275. The molecule has 2 unspecified atom stereocenters. The predicted molar refractivity (Wildman–Crippen MR) is 138 cm³/mol. The Labute approximate surface area is 220 Å². The second kappa shape index (κ2) is 11.3. The molecule has 0 radical (unpaired) electrons. The highest BCUT2D eigenvalue weighted by molar-refractivity contribution is 7.89. The molecule has 10 nitrogen and oxygen atoms in total. The predicted octanol–water partition coefficient (Wildman–Crippen LogP) is 2.10. The lowest BCUT2D eigenvalue weighted by Gasteiger charge is -2.44. The molecular formula is C26H42N4O6S. The molecule has 1 aliphatic carbocycles. The molecule has 4 saturated heterocycles. The number of rotatable bonds is 7. The molecule has 0 spiro atoms. The number of carbonyl (C=O) groups is 1. The maximum absolute atomic E-state index is 13.5. The van der Waals surface area contributed by atoms with Crippen LogP contribution in [0.2, 0.25) is 0 Å². The number of ether oxygens (including phenoxy) is 1. The monoisotopic (exact) mass is 538 g/mol. The topological polar surface area (TPSA) is 125 Å². The van der Waals surface area contributed by atoms with Gasteiger partial charge in [-0.15, -0.1) is 0 Å². The van der Waals surface area contributed by atoms with Crippen molar-refractivity contribution in [1.29, 1.82) is 0 Å². The molecule has 4 aliphatic heterocycles. The van der Waals surface area contributed by atoms with Crippen molar-refractivity contribution < 1.29 is 27.6 Å². The van der Waals surface area contributed by atoms with E-state index in [-0.39, 0.29) is 53.4 Å². The second-order valence-electron chi connectivity index (χ2n) is 11.2. The van der Waals surface area contributed by atoms with Crippen molar-refractivity contribution in [2.24, 2.45) is 5.92 Å². The van der Waals surface area contributed by atoms with Gasteiger partial charge in [0.25, 0.3) is 5.91 Å². The van der Waals surface area contributed by atoms with E-state index in [2.05, 4.69) is 15.4 Å². The summed E-state index contributed by atoms with van der Waals surface area (Å²) in [6.45, 7) is 7.04. The number of amides is 1. The van der Waals surface area contributed by atoms with Crippen LogP contribution in [0.4, 0.5) is 0 Å². The fourth-order valence-corrected chi connectivity index (χ4v) is 9.07.